The van der Waals surface area contributed by atoms with Crippen molar-refractivity contribution in [3.63, 3.8) is 0 Å². The maximum absolute atomic E-state index is 13.4. The van der Waals surface area contributed by atoms with E-state index in [0.717, 1.165) is 5.75 Å². The molecule has 1 amide bonds. The molecule has 0 atom stereocenters. The summed E-state index contributed by atoms with van der Waals surface area (Å²) in [5.74, 6) is 0.826. The van der Waals surface area contributed by atoms with Crippen molar-refractivity contribution in [2.24, 2.45) is 0 Å². The van der Waals surface area contributed by atoms with Crippen LogP contribution in [0, 0.1) is 12.7 Å². The zero-order chi connectivity index (χ0) is 20.1. The molecule has 2 aromatic carbocycles. The van der Waals surface area contributed by atoms with Gasteiger partial charge in [-0.15, -0.1) is 0 Å². The molecular weight excluding hydrogens is 359 g/mol. The lowest BCUT2D eigenvalue weighted by atomic mass is 10.2. The SMILES string of the molecule is Cc1nc(Nc2cccc(F)c2)cc(C(=O)Nc2ccc(OC(C)C)cc2)n1. The van der Waals surface area contributed by atoms with Crippen LogP contribution in [-0.4, -0.2) is 22.0 Å². The van der Waals surface area contributed by atoms with E-state index < -0.39 is 0 Å². The highest BCUT2D eigenvalue weighted by atomic mass is 19.1. The number of carbonyl (C=O) groups is 1. The molecule has 0 bridgehead atoms. The molecular formula is C21H21FN4O2. The molecule has 28 heavy (non-hydrogen) atoms. The van der Waals surface area contributed by atoms with Gasteiger partial charge in [-0.3, -0.25) is 4.79 Å². The van der Waals surface area contributed by atoms with Gasteiger partial charge in [0.15, 0.2) is 0 Å². The molecule has 7 heteroatoms. The Morgan fingerprint density at radius 3 is 2.46 bits per heavy atom. The minimum Gasteiger partial charge on any atom is -0.491 e. The predicted molar refractivity (Wildman–Crippen MR) is 107 cm³/mol. The molecule has 6 nitrogen and oxygen atoms in total. The summed E-state index contributed by atoms with van der Waals surface area (Å²) < 4.78 is 18.9. The Morgan fingerprint density at radius 1 is 1.04 bits per heavy atom. The van der Waals surface area contributed by atoms with Crippen molar-refractivity contribution >= 4 is 23.1 Å². The summed E-state index contributed by atoms with van der Waals surface area (Å²) in [5.41, 5.74) is 1.36. The quantitative estimate of drug-likeness (QED) is 0.648. The molecule has 3 rings (SSSR count). The van der Waals surface area contributed by atoms with Gasteiger partial charge in [0, 0.05) is 17.4 Å². The fourth-order valence-corrected chi connectivity index (χ4v) is 2.55. The molecule has 1 aromatic heterocycles. The third kappa shape index (κ3) is 5.26. The largest absolute Gasteiger partial charge is 0.491 e. The lowest BCUT2D eigenvalue weighted by molar-refractivity contribution is 0.102. The zero-order valence-electron chi connectivity index (χ0n) is 15.9. The summed E-state index contributed by atoms with van der Waals surface area (Å²) in [4.78, 5) is 21.0. The maximum Gasteiger partial charge on any atom is 0.274 e. The van der Waals surface area contributed by atoms with Gasteiger partial charge in [-0.25, -0.2) is 14.4 Å². The van der Waals surface area contributed by atoms with Crippen molar-refractivity contribution in [3.8, 4) is 5.75 Å². The van der Waals surface area contributed by atoms with Crippen molar-refractivity contribution < 1.29 is 13.9 Å². The zero-order valence-corrected chi connectivity index (χ0v) is 15.9. The monoisotopic (exact) mass is 380 g/mol. The molecule has 0 fully saturated rings. The average Bonchev–Trinajstić information content (AvgIpc) is 2.62. The van der Waals surface area contributed by atoms with Crippen LogP contribution in [0.3, 0.4) is 0 Å². The second kappa shape index (κ2) is 8.47. The third-order valence-corrected chi connectivity index (χ3v) is 3.65. The van der Waals surface area contributed by atoms with Crippen molar-refractivity contribution in [1.29, 1.82) is 0 Å². The van der Waals surface area contributed by atoms with Gasteiger partial charge in [-0.2, -0.15) is 0 Å². The summed E-state index contributed by atoms with van der Waals surface area (Å²) in [7, 11) is 0. The third-order valence-electron chi connectivity index (χ3n) is 3.65. The van der Waals surface area contributed by atoms with E-state index in [4.69, 9.17) is 4.74 Å². The highest BCUT2D eigenvalue weighted by Crippen LogP contribution is 2.19. The summed E-state index contributed by atoms with van der Waals surface area (Å²) in [6.07, 6.45) is 0.0773. The van der Waals surface area contributed by atoms with Gasteiger partial charge >= 0.3 is 0 Å². The number of benzene rings is 2. The number of aromatic nitrogens is 2. The van der Waals surface area contributed by atoms with Gasteiger partial charge in [-0.1, -0.05) is 6.07 Å². The lowest BCUT2D eigenvalue weighted by Gasteiger charge is -2.11. The first kappa shape index (κ1) is 19.3. The number of hydrogen-bond donors (Lipinski definition) is 2. The van der Waals surface area contributed by atoms with E-state index in [1.54, 1.807) is 43.3 Å². The second-order valence-corrected chi connectivity index (χ2v) is 6.47. The Kier molecular flexibility index (Phi) is 5.84. The van der Waals surface area contributed by atoms with Crippen molar-refractivity contribution in [3.05, 3.63) is 71.9 Å². The summed E-state index contributed by atoms with van der Waals surface area (Å²) in [6, 6.07) is 14.6. The van der Waals surface area contributed by atoms with E-state index in [0.29, 0.717) is 23.0 Å². The number of hydrogen-bond acceptors (Lipinski definition) is 5. The van der Waals surface area contributed by atoms with Gasteiger partial charge in [0.05, 0.1) is 6.10 Å². The van der Waals surface area contributed by atoms with Crippen LogP contribution in [0.5, 0.6) is 5.75 Å². The van der Waals surface area contributed by atoms with Crippen molar-refractivity contribution in [2.75, 3.05) is 10.6 Å². The van der Waals surface area contributed by atoms with Crippen LogP contribution in [-0.2, 0) is 0 Å². The molecule has 0 saturated carbocycles. The summed E-state index contributed by atoms with van der Waals surface area (Å²) in [5, 5.41) is 5.78. The molecule has 144 valence electrons. The fourth-order valence-electron chi connectivity index (χ4n) is 2.55. The van der Waals surface area contributed by atoms with Gasteiger partial charge in [0.1, 0.15) is 28.9 Å². The Hall–Kier alpha value is -3.48. The van der Waals surface area contributed by atoms with E-state index >= 15 is 0 Å². The van der Waals surface area contributed by atoms with Gasteiger partial charge < -0.3 is 15.4 Å². The minimum absolute atomic E-state index is 0.0773. The standard InChI is InChI=1S/C21H21FN4O2/c1-13(2)28-18-9-7-16(8-10-18)26-21(27)19-12-20(24-14(3)23-19)25-17-6-4-5-15(22)11-17/h4-13H,1-3H3,(H,26,27)(H,23,24,25). The number of ether oxygens (including phenoxy) is 1. The van der Waals surface area contributed by atoms with Crippen LogP contribution in [0.1, 0.15) is 30.2 Å². The molecule has 2 N–H and O–H groups in total. The number of carbonyl (C=O) groups excluding carboxylic acids is 1. The molecule has 1 heterocycles. The number of nitrogens with one attached hydrogen (secondary N) is 2. The van der Waals surface area contributed by atoms with Gasteiger partial charge in [-0.05, 0) is 63.2 Å². The van der Waals surface area contributed by atoms with Crippen LogP contribution in [0.4, 0.5) is 21.6 Å². The Bertz CT molecular complexity index is 974. The average molecular weight is 380 g/mol. The predicted octanol–water partition coefficient (Wildman–Crippen LogP) is 4.71. The van der Waals surface area contributed by atoms with E-state index in [-0.39, 0.29) is 23.5 Å². The first-order valence-corrected chi connectivity index (χ1v) is 8.85. The first-order chi connectivity index (χ1) is 13.4. The first-order valence-electron chi connectivity index (χ1n) is 8.85. The molecule has 0 aliphatic carbocycles. The number of aryl methyl sites for hydroxylation is 1. The van der Waals surface area contributed by atoms with Crippen LogP contribution in [0.15, 0.2) is 54.6 Å². The van der Waals surface area contributed by atoms with E-state index in [2.05, 4.69) is 20.6 Å². The van der Waals surface area contributed by atoms with Crippen LogP contribution >= 0.6 is 0 Å². The minimum atomic E-state index is -0.370. The Morgan fingerprint density at radius 2 is 1.79 bits per heavy atom. The number of nitrogens with zero attached hydrogens (tertiary/aromatic N) is 2. The Balaban J connectivity index is 1.73. The van der Waals surface area contributed by atoms with Crippen LogP contribution < -0.4 is 15.4 Å². The molecule has 3 aromatic rings. The number of amides is 1. The van der Waals surface area contributed by atoms with Gasteiger partial charge in [0.2, 0.25) is 0 Å². The number of anilines is 3. The highest BCUT2D eigenvalue weighted by molar-refractivity contribution is 6.03. The number of halogens is 1. The lowest BCUT2D eigenvalue weighted by Crippen LogP contribution is -2.15. The normalized spacial score (nSPS) is 10.6. The molecule has 0 radical (unpaired) electrons. The van der Waals surface area contributed by atoms with E-state index in [1.807, 2.05) is 13.8 Å². The maximum atomic E-state index is 13.4. The second-order valence-electron chi connectivity index (χ2n) is 6.47. The van der Waals surface area contributed by atoms with E-state index in [1.165, 1.54) is 18.2 Å². The molecule has 0 aliphatic heterocycles. The summed E-state index contributed by atoms with van der Waals surface area (Å²) >= 11 is 0. The van der Waals surface area contributed by atoms with Crippen LogP contribution in [0.2, 0.25) is 0 Å². The molecule has 0 saturated heterocycles. The topological polar surface area (TPSA) is 76.1 Å². The molecule has 0 spiro atoms. The van der Waals surface area contributed by atoms with E-state index in [9.17, 15) is 9.18 Å². The van der Waals surface area contributed by atoms with Crippen molar-refractivity contribution in [1.82, 2.24) is 9.97 Å². The Labute approximate surface area is 162 Å². The van der Waals surface area contributed by atoms with Crippen LogP contribution in [0.25, 0.3) is 0 Å². The smallest absolute Gasteiger partial charge is 0.274 e. The highest BCUT2D eigenvalue weighted by Gasteiger charge is 2.12. The molecule has 0 unspecified atom stereocenters. The van der Waals surface area contributed by atoms with Crippen molar-refractivity contribution in [2.45, 2.75) is 26.9 Å². The number of rotatable bonds is 6. The fraction of sp³-hybridized carbons (Fsp3) is 0.190. The molecule has 0 aliphatic rings. The summed E-state index contributed by atoms with van der Waals surface area (Å²) in [6.45, 7) is 5.58. The van der Waals surface area contributed by atoms with Gasteiger partial charge in [0.25, 0.3) is 5.91 Å².